The van der Waals surface area contributed by atoms with E-state index in [1.54, 1.807) is 34.1 Å². The fourth-order valence-corrected chi connectivity index (χ4v) is 3.09. The number of furan rings is 1. The highest BCUT2D eigenvalue weighted by molar-refractivity contribution is 5.94. The molecule has 1 saturated heterocycles. The van der Waals surface area contributed by atoms with Crippen molar-refractivity contribution in [3.8, 4) is 0 Å². The van der Waals surface area contributed by atoms with Crippen LogP contribution in [0.5, 0.6) is 0 Å². The Labute approximate surface area is 166 Å². The van der Waals surface area contributed by atoms with Crippen LogP contribution in [0.25, 0.3) is 0 Å². The van der Waals surface area contributed by atoms with Gasteiger partial charge in [0.05, 0.1) is 6.26 Å². The summed E-state index contributed by atoms with van der Waals surface area (Å²) in [6.07, 6.45) is 2.74. The number of hydrogen-bond acceptors (Lipinski definition) is 6. The van der Waals surface area contributed by atoms with E-state index in [-0.39, 0.29) is 29.1 Å². The van der Waals surface area contributed by atoms with Crippen LogP contribution >= 0.6 is 0 Å². The van der Waals surface area contributed by atoms with Crippen molar-refractivity contribution in [2.24, 2.45) is 0 Å². The largest absolute Gasteiger partial charge is 0.459 e. The second-order valence-electron chi connectivity index (χ2n) is 6.49. The molecule has 29 heavy (non-hydrogen) atoms. The Morgan fingerprint density at radius 3 is 2.41 bits per heavy atom. The maximum absolute atomic E-state index is 13.3. The first-order valence-corrected chi connectivity index (χ1v) is 9.07. The number of hydrogen-bond donors (Lipinski definition) is 1. The van der Waals surface area contributed by atoms with Crippen LogP contribution in [0.15, 0.2) is 59.5 Å². The van der Waals surface area contributed by atoms with Crippen LogP contribution in [-0.4, -0.2) is 57.8 Å². The van der Waals surface area contributed by atoms with Gasteiger partial charge in [-0.1, -0.05) is 6.07 Å². The van der Waals surface area contributed by atoms with Crippen LogP contribution in [-0.2, 0) is 0 Å². The van der Waals surface area contributed by atoms with Crippen molar-refractivity contribution in [1.82, 2.24) is 19.8 Å². The quantitative estimate of drug-likeness (QED) is 0.730. The van der Waals surface area contributed by atoms with Crippen LogP contribution in [0.1, 0.15) is 21.0 Å². The van der Waals surface area contributed by atoms with Crippen molar-refractivity contribution >= 4 is 23.3 Å². The van der Waals surface area contributed by atoms with Crippen LogP contribution in [0.2, 0.25) is 0 Å². The third-order valence-corrected chi connectivity index (χ3v) is 4.57. The maximum atomic E-state index is 13.3. The molecule has 3 heterocycles. The Kier molecular flexibility index (Phi) is 5.19. The van der Waals surface area contributed by atoms with Gasteiger partial charge in [-0.2, -0.15) is 0 Å². The molecule has 0 saturated carbocycles. The number of rotatable bonds is 4. The molecule has 2 amide bonds. The minimum Gasteiger partial charge on any atom is -0.459 e. The molecule has 1 N–H and O–H groups in total. The summed E-state index contributed by atoms with van der Waals surface area (Å²) in [7, 11) is 0. The van der Waals surface area contributed by atoms with Crippen LogP contribution in [0, 0.1) is 5.82 Å². The van der Waals surface area contributed by atoms with Gasteiger partial charge in [-0.05, 0) is 30.3 Å². The number of carbonyl (C=O) groups excluding carboxylic acids is 2. The van der Waals surface area contributed by atoms with E-state index in [1.807, 2.05) is 0 Å². The zero-order chi connectivity index (χ0) is 20.2. The molecule has 1 fully saturated rings. The van der Waals surface area contributed by atoms with Crippen molar-refractivity contribution < 1.29 is 18.4 Å². The van der Waals surface area contributed by atoms with Gasteiger partial charge in [0.2, 0.25) is 0 Å². The summed E-state index contributed by atoms with van der Waals surface area (Å²) in [5.74, 6) is -0.137. The first-order chi connectivity index (χ1) is 14.1. The summed E-state index contributed by atoms with van der Waals surface area (Å²) in [5, 5.41) is 2.96. The lowest BCUT2D eigenvalue weighted by atomic mass is 10.2. The van der Waals surface area contributed by atoms with Gasteiger partial charge in [0.25, 0.3) is 11.8 Å². The van der Waals surface area contributed by atoms with Gasteiger partial charge in [0.1, 0.15) is 23.7 Å². The van der Waals surface area contributed by atoms with E-state index in [2.05, 4.69) is 15.3 Å². The Bertz CT molecular complexity index is 1020. The predicted molar refractivity (Wildman–Crippen MR) is 102 cm³/mol. The van der Waals surface area contributed by atoms with Crippen molar-refractivity contribution in [1.29, 1.82) is 0 Å². The molecule has 3 aromatic rings. The number of aromatic nitrogens is 2. The first kappa shape index (κ1) is 18.6. The highest BCUT2D eigenvalue weighted by Gasteiger charge is 2.27. The van der Waals surface area contributed by atoms with Gasteiger partial charge in [0.15, 0.2) is 5.76 Å². The maximum Gasteiger partial charge on any atom is 0.289 e. The second kappa shape index (κ2) is 8.09. The molecular weight excluding hydrogens is 377 g/mol. The molecule has 0 aliphatic carbocycles. The van der Waals surface area contributed by atoms with Crippen LogP contribution in [0.3, 0.4) is 0 Å². The highest BCUT2D eigenvalue weighted by atomic mass is 19.1. The minimum atomic E-state index is -0.373. The van der Waals surface area contributed by atoms with E-state index in [0.717, 1.165) is 0 Å². The fraction of sp³-hybridized carbons (Fsp3) is 0.200. The molecule has 0 spiro atoms. The van der Waals surface area contributed by atoms with Crippen LogP contribution in [0.4, 0.5) is 15.9 Å². The lowest BCUT2D eigenvalue weighted by Crippen LogP contribution is -2.50. The SMILES string of the molecule is O=C(c1cc(Nc2cccc(F)c2)ncn1)N1CCN(C(=O)c2ccco2)CC1. The van der Waals surface area contributed by atoms with E-state index >= 15 is 0 Å². The Morgan fingerprint density at radius 2 is 1.72 bits per heavy atom. The van der Waals surface area contributed by atoms with Crippen molar-refractivity contribution in [3.63, 3.8) is 0 Å². The highest BCUT2D eigenvalue weighted by Crippen LogP contribution is 2.17. The summed E-state index contributed by atoms with van der Waals surface area (Å²) in [5.41, 5.74) is 0.747. The molecule has 1 aliphatic heterocycles. The third kappa shape index (κ3) is 4.23. The summed E-state index contributed by atoms with van der Waals surface area (Å²) < 4.78 is 18.5. The minimum absolute atomic E-state index is 0.189. The smallest absolute Gasteiger partial charge is 0.289 e. The lowest BCUT2D eigenvalue weighted by molar-refractivity contribution is 0.0515. The summed E-state index contributed by atoms with van der Waals surface area (Å²) in [6, 6.07) is 10.8. The molecule has 0 unspecified atom stereocenters. The lowest BCUT2D eigenvalue weighted by Gasteiger charge is -2.34. The molecule has 1 aliphatic rings. The van der Waals surface area contributed by atoms with Gasteiger partial charge in [0, 0.05) is 37.9 Å². The van der Waals surface area contributed by atoms with Gasteiger partial charge in [-0.25, -0.2) is 14.4 Å². The number of nitrogens with zero attached hydrogens (tertiary/aromatic N) is 4. The number of halogens is 1. The third-order valence-electron chi connectivity index (χ3n) is 4.57. The van der Waals surface area contributed by atoms with E-state index in [1.165, 1.54) is 30.8 Å². The van der Waals surface area contributed by atoms with Gasteiger partial charge >= 0.3 is 0 Å². The Balaban J connectivity index is 1.39. The average molecular weight is 395 g/mol. The average Bonchev–Trinajstić information content (AvgIpc) is 3.28. The summed E-state index contributed by atoms with van der Waals surface area (Å²) >= 11 is 0. The van der Waals surface area contributed by atoms with Crippen molar-refractivity contribution in [2.45, 2.75) is 0 Å². The molecule has 1 aromatic carbocycles. The first-order valence-electron chi connectivity index (χ1n) is 9.07. The number of benzene rings is 1. The Hall–Kier alpha value is -3.75. The standard InChI is InChI=1S/C20H18FN5O3/c21-14-3-1-4-15(11-14)24-18-12-16(22-13-23-18)19(27)25-6-8-26(9-7-25)20(28)17-5-2-10-29-17/h1-5,10-13H,6-9H2,(H,22,23,24). The number of piperazine rings is 1. The second-order valence-corrected chi connectivity index (χ2v) is 6.49. The molecule has 8 nitrogen and oxygen atoms in total. The van der Waals surface area contributed by atoms with Crippen LogP contribution < -0.4 is 5.32 Å². The summed E-state index contributed by atoms with van der Waals surface area (Å²) in [4.78, 5) is 36.5. The molecule has 2 aromatic heterocycles. The number of carbonyl (C=O) groups is 2. The fourth-order valence-electron chi connectivity index (χ4n) is 3.09. The van der Waals surface area contributed by atoms with Gasteiger partial charge < -0.3 is 19.5 Å². The van der Waals surface area contributed by atoms with Crippen molar-refractivity contribution in [2.75, 3.05) is 31.5 Å². The van der Waals surface area contributed by atoms with Crippen molar-refractivity contribution in [3.05, 3.63) is 72.3 Å². The molecule has 4 rings (SSSR count). The molecule has 0 bridgehead atoms. The zero-order valence-electron chi connectivity index (χ0n) is 15.4. The molecule has 0 atom stereocenters. The monoisotopic (exact) mass is 395 g/mol. The van der Waals surface area contributed by atoms with E-state index in [0.29, 0.717) is 37.7 Å². The van der Waals surface area contributed by atoms with Gasteiger partial charge in [-0.15, -0.1) is 0 Å². The molecule has 9 heteroatoms. The summed E-state index contributed by atoms with van der Waals surface area (Å²) in [6.45, 7) is 1.60. The molecular formula is C20H18FN5O3. The van der Waals surface area contributed by atoms with E-state index in [9.17, 15) is 14.0 Å². The van der Waals surface area contributed by atoms with E-state index in [4.69, 9.17) is 4.42 Å². The molecule has 148 valence electrons. The van der Waals surface area contributed by atoms with Gasteiger partial charge in [-0.3, -0.25) is 9.59 Å². The number of anilines is 2. The number of nitrogens with one attached hydrogen (secondary N) is 1. The number of amides is 2. The normalized spacial score (nSPS) is 14.0. The van der Waals surface area contributed by atoms with E-state index < -0.39 is 0 Å². The topological polar surface area (TPSA) is 91.6 Å². The zero-order valence-corrected chi connectivity index (χ0v) is 15.4. The molecule has 0 radical (unpaired) electrons. The Morgan fingerprint density at radius 1 is 0.966 bits per heavy atom. The predicted octanol–water partition coefficient (Wildman–Crippen LogP) is 2.55.